The average Bonchev–Trinajstić information content (AvgIpc) is 3.32. The van der Waals surface area contributed by atoms with Gasteiger partial charge in [-0.2, -0.15) is 0 Å². The number of aromatic nitrogens is 2. The van der Waals surface area contributed by atoms with E-state index in [9.17, 15) is 4.79 Å². The zero-order chi connectivity index (χ0) is 19.3. The van der Waals surface area contributed by atoms with Gasteiger partial charge in [0.1, 0.15) is 6.10 Å². The maximum Gasteiger partial charge on any atom is 0.210 e. The van der Waals surface area contributed by atoms with Crippen molar-refractivity contribution in [1.82, 2.24) is 14.3 Å². The lowest BCUT2D eigenvalue weighted by atomic mass is 9.92. The number of fused-ring (bicyclic) bond motifs is 3. The van der Waals surface area contributed by atoms with Crippen molar-refractivity contribution < 1.29 is 9.53 Å². The van der Waals surface area contributed by atoms with Gasteiger partial charge in [0.25, 0.3) is 0 Å². The number of carbonyl (C=O) groups is 1. The van der Waals surface area contributed by atoms with Crippen LogP contribution in [0.15, 0.2) is 36.5 Å². The Kier molecular flexibility index (Phi) is 4.11. The van der Waals surface area contributed by atoms with Gasteiger partial charge in [-0.3, -0.25) is 4.79 Å². The quantitative estimate of drug-likeness (QED) is 0.641. The van der Waals surface area contributed by atoms with Gasteiger partial charge in [-0.25, -0.2) is 4.98 Å². The van der Waals surface area contributed by atoms with Gasteiger partial charge in [0, 0.05) is 24.0 Å². The molecule has 5 rings (SSSR count). The Balaban J connectivity index is 1.67. The van der Waals surface area contributed by atoms with Crippen molar-refractivity contribution in [3.63, 3.8) is 0 Å². The van der Waals surface area contributed by atoms with Crippen LogP contribution in [0, 0.1) is 13.8 Å². The first-order chi connectivity index (χ1) is 13.7. The summed E-state index contributed by atoms with van der Waals surface area (Å²) in [4.78, 5) is 18.4. The summed E-state index contributed by atoms with van der Waals surface area (Å²) < 4.78 is 8.73. The molecule has 5 nitrogen and oxygen atoms in total. The van der Waals surface area contributed by atoms with E-state index in [4.69, 9.17) is 9.72 Å². The maximum absolute atomic E-state index is 11.6. The molecule has 2 aromatic heterocycles. The molecule has 1 fully saturated rings. The lowest BCUT2D eigenvalue weighted by Crippen LogP contribution is -2.25. The molecule has 0 radical (unpaired) electrons. The summed E-state index contributed by atoms with van der Waals surface area (Å²) in [6, 6.07) is 10.5. The summed E-state index contributed by atoms with van der Waals surface area (Å²) in [5.74, 6) is 0.895. The number of amides is 1. The molecule has 2 aliphatic rings. The number of hydrogen-bond donors (Lipinski definition) is 0. The predicted octanol–water partition coefficient (Wildman–Crippen LogP) is 4.31. The van der Waals surface area contributed by atoms with Gasteiger partial charge in [0.05, 0.1) is 11.7 Å². The molecule has 1 aromatic carbocycles. The topological polar surface area (TPSA) is 46.8 Å². The summed E-state index contributed by atoms with van der Waals surface area (Å²) in [5, 5.41) is 0. The van der Waals surface area contributed by atoms with Crippen LogP contribution >= 0.6 is 0 Å². The van der Waals surface area contributed by atoms with Crippen molar-refractivity contribution in [1.29, 1.82) is 0 Å². The Morgan fingerprint density at radius 1 is 1.18 bits per heavy atom. The molecule has 1 saturated heterocycles. The molecule has 0 aliphatic carbocycles. The van der Waals surface area contributed by atoms with E-state index in [0.29, 0.717) is 0 Å². The summed E-state index contributed by atoms with van der Waals surface area (Å²) >= 11 is 0. The van der Waals surface area contributed by atoms with Crippen LogP contribution in [0.2, 0.25) is 0 Å². The fourth-order valence-corrected chi connectivity index (χ4v) is 4.73. The fraction of sp³-hybridized carbons (Fsp3) is 0.391. The number of imidazole rings is 1. The molecule has 2 unspecified atom stereocenters. The smallest absolute Gasteiger partial charge is 0.210 e. The second-order valence-electron chi connectivity index (χ2n) is 7.93. The van der Waals surface area contributed by atoms with Crippen molar-refractivity contribution in [2.24, 2.45) is 0 Å². The fourth-order valence-electron chi connectivity index (χ4n) is 4.73. The molecule has 0 N–H and O–H groups in total. The number of carbonyl (C=O) groups excluding carboxylic acids is 1. The standard InChI is InChI=1S/C23H25N3O2/c1-15-16(2)26-13-19(20-9-6-12-25(20)14-27)18-10-11-21(17-7-4-3-5-8-17)28-22(18)23(26)24-15/h3-5,7-8,13-14,20-21H,6,9-12H2,1-2H3. The van der Waals surface area contributed by atoms with E-state index < -0.39 is 0 Å². The molecule has 0 spiro atoms. The maximum atomic E-state index is 11.6. The molecule has 2 aliphatic heterocycles. The van der Waals surface area contributed by atoms with Crippen LogP contribution in [0.3, 0.4) is 0 Å². The molecular formula is C23H25N3O2. The number of aryl methyl sites for hydroxylation is 2. The van der Waals surface area contributed by atoms with E-state index in [2.05, 4.69) is 41.8 Å². The van der Waals surface area contributed by atoms with Crippen LogP contribution in [0.25, 0.3) is 5.65 Å². The minimum absolute atomic E-state index is 0.0378. The minimum Gasteiger partial charge on any atom is -0.482 e. The first-order valence-electron chi connectivity index (χ1n) is 10.1. The number of likely N-dealkylation sites (tertiary alicyclic amines) is 1. The largest absolute Gasteiger partial charge is 0.482 e. The molecule has 0 saturated carbocycles. The van der Waals surface area contributed by atoms with Gasteiger partial charge in [-0.1, -0.05) is 30.3 Å². The molecular weight excluding hydrogens is 350 g/mol. The van der Waals surface area contributed by atoms with Crippen LogP contribution in [-0.4, -0.2) is 27.2 Å². The molecule has 0 bridgehead atoms. The van der Waals surface area contributed by atoms with Crippen LogP contribution in [0.1, 0.15) is 59.5 Å². The van der Waals surface area contributed by atoms with E-state index in [0.717, 1.165) is 61.4 Å². The monoisotopic (exact) mass is 375 g/mol. The number of rotatable bonds is 3. The molecule has 5 heteroatoms. The number of ether oxygens (including phenoxy) is 1. The first-order valence-corrected chi connectivity index (χ1v) is 10.1. The van der Waals surface area contributed by atoms with Gasteiger partial charge in [0.15, 0.2) is 11.4 Å². The van der Waals surface area contributed by atoms with E-state index in [1.807, 2.05) is 17.9 Å². The zero-order valence-electron chi connectivity index (χ0n) is 16.4. The number of hydrogen-bond acceptors (Lipinski definition) is 3. The third-order valence-electron chi connectivity index (χ3n) is 6.36. The van der Waals surface area contributed by atoms with Gasteiger partial charge in [-0.15, -0.1) is 0 Å². The summed E-state index contributed by atoms with van der Waals surface area (Å²) in [6.45, 7) is 4.96. The molecule has 4 heterocycles. The van der Waals surface area contributed by atoms with Crippen LogP contribution in [0.4, 0.5) is 0 Å². The zero-order valence-corrected chi connectivity index (χ0v) is 16.4. The van der Waals surface area contributed by atoms with Crippen LogP contribution in [0.5, 0.6) is 5.75 Å². The van der Waals surface area contributed by atoms with Crippen molar-refractivity contribution in [3.8, 4) is 5.75 Å². The van der Waals surface area contributed by atoms with Gasteiger partial charge >= 0.3 is 0 Å². The molecule has 3 aromatic rings. The second kappa shape index (κ2) is 6.66. The molecule has 2 atom stereocenters. The Bertz CT molecular complexity index is 1040. The highest BCUT2D eigenvalue weighted by Gasteiger charge is 2.33. The van der Waals surface area contributed by atoms with E-state index >= 15 is 0 Å². The van der Waals surface area contributed by atoms with Gasteiger partial charge in [0.2, 0.25) is 6.41 Å². The summed E-state index contributed by atoms with van der Waals surface area (Å²) in [6.07, 6.45) is 7.16. The van der Waals surface area contributed by atoms with Crippen molar-refractivity contribution >= 4 is 12.1 Å². The van der Waals surface area contributed by atoms with Crippen molar-refractivity contribution in [2.45, 2.75) is 51.7 Å². The normalized spacial score (nSPS) is 21.6. The van der Waals surface area contributed by atoms with Crippen LogP contribution < -0.4 is 4.74 Å². The number of nitrogens with zero attached hydrogens (tertiary/aromatic N) is 3. The van der Waals surface area contributed by atoms with Gasteiger partial charge < -0.3 is 14.0 Å². The SMILES string of the molecule is Cc1nc2c3c(c(C4CCCN4C=O)cn2c1C)CCC(c1ccccc1)O3. The Hall–Kier alpha value is -2.82. The van der Waals surface area contributed by atoms with Crippen molar-refractivity contribution in [2.75, 3.05) is 6.54 Å². The highest BCUT2D eigenvalue weighted by atomic mass is 16.5. The van der Waals surface area contributed by atoms with E-state index in [1.54, 1.807) is 0 Å². The number of benzene rings is 1. The molecule has 144 valence electrons. The van der Waals surface area contributed by atoms with Crippen molar-refractivity contribution in [3.05, 3.63) is 64.6 Å². The Labute approximate surface area is 164 Å². The second-order valence-corrected chi connectivity index (χ2v) is 7.93. The predicted molar refractivity (Wildman–Crippen MR) is 108 cm³/mol. The minimum atomic E-state index is 0.0378. The Morgan fingerprint density at radius 2 is 2.00 bits per heavy atom. The third kappa shape index (κ3) is 2.60. The average molecular weight is 375 g/mol. The molecule has 28 heavy (non-hydrogen) atoms. The Morgan fingerprint density at radius 3 is 2.79 bits per heavy atom. The lowest BCUT2D eigenvalue weighted by molar-refractivity contribution is -0.118. The summed E-state index contributed by atoms with van der Waals surface area (Å²) in [7, 11) is 0. The summed E-state index contributed by atoms with van der Waals surface area (Å²) in [5.41, 5.74) is 6.68. The van der Waals surface area contributed by atoms with Gasteiger partial charge in [-0.05, 0) is 50.7 Å². The molecule has 1 amide bonds. The van der Waals surface area contributed by atoms with E-state index in [-0.39, 0.29) is 12.1 Å². The van der Waals surface area contributed by atoms with Crippen LogP contribution in [-0.2, 0) is 11.2 Å². The first kappa shape index (κ1) is 17.3. The highest BCUT2D eigenvalue weighted by molar-refractivity contribution is 5.64. The third-order valence-corrected chi connectivity index (χ3v) is 6.36. The lowest BCUT2D eigenvalue weighted by Gasteiger charge is -2.31. The highest BCUT2D eigenvalue weighted by Crippen LogP contribution is 2.44. The van der Waals surface area contributed by atoms with E-state index in [1.165, 1.54) is 16.7 Å². The number of pyridine rings is 1.